The zero-order valence-electron chi connectivity index (χ0n) is 24.9. The molecule has 3 aromatic carbocycles. The van der Waals surface area contributed by atoms with Crippen LogP contribution in [0.1, 0.15) is 68.7 Å². The summed E-state index contributed by atoms with van der Waals surface area (Å²) >= 11 is 0. The predicted octanol–water partition coefficient (Wildman–Crippen LogP) is 7.98. The first-order chi connectivity index (χ1) is 21.1. The van der Waals surface area contributed by atoms with E-state index < -0.39 is 0 Å². The molecule has 43 heavy (non-hydrogen) atoms. The summed E-state index contributed by atoms with van der Waals surface area (Å²) in [4.78, 5) is 0. The molecule has 1 saturated carbocycles. The van der Waals surface area contributed by atoms with Crippen molar-refractivity contribution in [3.05, 3.63) is 101 Å². The van der Waals surface area contributed by atoms with Gasteiger partial charge in [-0.2, -0.15) is 4.57 Å². The van der Waals surface area contributed by atoms with Gasteiger partial charge in [0, 0.05) is 27.7 Å². The molecule has 2 spiro atoms. The van der Waals surface area contributed by atoms with E-state index in [1.807, 2.05) is 0 Å². The van der Waals surface area contributed by atoms with E-state index >= 15 is 0 Å². The zero-order chi connectivity index (χ0) is 28.2. The van der Waals surface area contributed by atoms with E-state index in [1.165, 1.54) is 77.1 Å². The molecule has 6 heterocycles. The molecule has 1 fully saturated rings. The minimum absolute atomic E-state index is 0.0589. The molecule has 0 amide bonds. The van der Waals surface area contributed by atoms with Gasteiger partial charge in [0.15, 0.2) is 11.1 Å². The first-order valence-electron chi connectivity index (χ1n) is 16.3. The monoisotopic (exact) mass is 561 g/mol. The van der Waals surface area contributed by atoms with Crippen LogP contribution in [0.2, 0.25) is 0 Å². The maximum absolute atomic E-state index is 7.06. The largest absolute Gasteiger partial charge is 0.471 e. The zero-order valence-corrected chi connectivity index (χ0v) is 24.9. The average molecular weight is 562 g/mol. The lowest BCUT2D eigenvalue weighted by Crippen LogP contribution is -2.48. The van der Waals surface area contributed by atoms with Crippen molar-refractivity contribution in [3.63, 3.8) is 0 Å². The second-order valence-corrected chi connectivity index (χ2v) is 14.3. The number of pyridine rings is 1. The average Bonchev–Trinajstić information content (AvgIpc) is 3.34. The van der Waals surface area contributed by atoms with E-state index in [1.54, 1.807) is 28.0 Å². The summed E-state index contributed by atoms with van der Waals surface area (Å²) in [6, 6.07) is 28.6. The minimum Gasteiger partial charge on any atom is -0.387 e. The molecule has 6 aromatic rings. The Morgan fingerprint density at radius 2 is 1.72 bits per heavy atom. The Labute approximate surface area is 250 Å². The molecule has 2 aliphatic carbocycles. The third-order valence-electron chi connectivity index (χ3n) is 12.6. The molecule has 3 aliphatic heterocycles. The first kappa shape index (κ1) is 23.3. The van der Waals surface area contributed by atoms with Crippen molar-refractivity contribution in [2.75, 3.05) is 0 Å². The summed E-state index contributed by atoms with van der Waals surface area (Å²) in [5.74, 6) is 0.484. The highest BCUT2D eigenvalue weighted by Gasteiger charge is 2.72. The highest BCUT2D eigenvalue weighted by molar-refractivity contribution is 6.07. The number of hydrogen-bond donors (Lipinski definition) is 0. The molecule has 3 aromatic heterocycles. The molecular weight excluding hydrogens is 526 g/mol. The van der Waals surface area contributed by atoms with Crippen LogP contribution in [-0.4, -0.2) is 4.57 Å². The van der Waals surface area contributed by atoms with Gasteiger partial charge in [-0.05, 0) is 99.4 Å². The van der Waals surface area contributed by atoms with Crippen molar-refractivity contribution in [3.8, 4) is 17.1 Å². The lowest BCUT2D eigenvalue weighted by Gasteiger charge is -2.29. The third kappa shape index (κ3) is 2.59. The van der Waals surface area contributed by atoms with Gasteiger partial charge in [-0.1, -0.05) is 53.6 Å². The molecule has 11 rings (SSSR count). The van der Waals surface area contributed by atoms with Crippen molar-refractivity contribution in [2.45, 2.75) is 76.8 Å². The summed E-state index contributed by atoms with van der Waals surface area (Å²) in [6.07, 6.45) is 7.32. The molecular formula is C39H35N3O+2. The molecule has 5 aliphatic rings. The van der Waals surface area contributed by atoms with Crippen molar-refractivity contribution >= 4 is 33.0 Å². The summed E-state index contributed by atoms with van der Waals surface area (Å²) in [7, 11) is 0. The molecule has 4 nitrogen and oxygen atoms in total. The number of para-hydroxylation sites is 2. The van der Waals surface area contributed by atoms with E-state index in [0.717, 1.165) is 24.7 Å². The van der Waals surface area contributed by atoms with Gasteiger partial charge in [0.05, 0.1) is 11.9 Å². The van der Waals surface area contributed by atoms with E-state index in [2.05, 4.69) is 100 Å². The SMILES string of the molecule is CC1=C(C)C2CCCc3cc4c5ccccc5n5c4[n+](c32)CC2(CC1)CC21C[n+]2c-5oc3cccc(c32)-c2ccccc21. The normalized spacial score (nSPS) is 26.4. The van der Waals surface area contributed by atoms with Gasteiger partial charge in [-0.15, -0.1) is 4.57 Å². The summed E-state index contributed by atoms with van der Waals surface area (Å²) < 4.78 is 15.0. The first-order valence-corrected chi connectivity index (χ1v) is 16.3. The summed E-state index contributed by atoms with van der Waals surface area (Å²) in [5, 5.41) is 2.71. The quantitative estimate of drug-likeness (QED) is 0.136. The maximum atomic E-state index is 7.06. The second-order valence-electron chi connectivity index (χ2n) is 14.3. The van der Waals surface area contributed by atoms with Gasteiger partial charge in [-0.25, -0.2) is 4.57 Å². The number of oxazole rings is 1. The molecule has 0 N–H and O–H groups in total. The predicted molar refractivity (Wildman–Crippen MR) is 168 cm³/mol. The van der Waals surface area contributed by atoms with Gasteiger partial charge < -0.3 is 4.42 Å². The van der Waals surface area contributed by atoms with E-state index in [9.17, 15) is 0 Å². The standard InChI is InChI=1S/C39H35N3O/c1-23-17-18-38-20-39(38)22-41-35-29(27-10-3-5-14-31(27)39)13-8-16-33(35)43-37(41)42-32-15-6-4-11-28(32)30-19-25-9-7-12-26(24(23)2)34(25)40(21-38)36(30)42/h3-6,8,10-11,13-16,19,26H,7,9,12,17-18,20-22H2,1-2H3/q+2. The molecule has 0 radical (unpaired) electrons. The van der Waals surface area contributed by atoms with Gasteiger partial charge in [0.2, 0.25) is 0 Å². The number of aromatic nitrogens is 3. The second kappa shape index (κ2) is 7.48. The van der Waals surface area contributed by atoms with Crippen LogP contribution in [0.5, 0.6) is 0 Å². The number of nitrogens with zero attached hydrogens (tertiary/aromatic N) is 3. The van der Waals surface area contributed by atoms with Crippen molar-refractivity contribution in [2.24, 2.45) is 5.41 Å². The lowest BCUT2D eigenvalue weighted by molar-refractivity contribution is -0.692. The number of aryl methyl sites for hydroxylation is 1. The van der Waals surface area contributed by atoms with Crippen LogP contribution in [0.3, 0.4) is 0 Å². The van der Waals surface area contributed by atoms with E-state index in [4.69, 9.17) is 4.42 Å². The summed E-state index contributed by atoms with van der Waals surface area (Å²) in [6.45, 7) is 6.91. The number of fused-ring (bicyclic) bond motifs is 6. The molecule has 210 valence electrons. The molecule has 3 unspecified atom stereocenters. The highest BCUT2D eigenvalue weighted by Crippen LogP contribution is 2.70. The Balaban J connectivity index is 1.41. The molecule has 0 saturated heterocycles. The number of benzene rings is 3. The van der Waals surface area contributed by atoms with Crippen LogP contribution < -0.4 is 9.13 Å². The lowest BCUT2D eigenvalue weighted by atomic mass is 9.79. The molecule has 4 bridgehead atoms. The van der Waals surface area contributed by atoms with Gasteiger partial charge >= 0.3 is 11.7 Å². The number of hydrogen-bond acceptors (Lipinski definition) is 1. The molecule has 4 heteroatoms. The van der Waals surface area contributed by atoms with Gasteiger partial charge in [-0.3, -0.25) is 0 Å². The maximum Gasteiger partial charge on any atom is 0.471 e. The topological polar surface area (TPSA) is 25.8 Å². The fourth-order valence-corrected chi connectivity index (χ4v) is 10.3. The van der Waals surface area contributed by atoms with Gasteiger partial charge in [0.1, 0.15) is 17.8 Å². The van der Waals surface area contributed by atoms with Crippen LogP contribution >= 0.6 is 0 Å². The van der Waals surface area contributed by atoms with E-state index in [-0.39, 0.29) is 10.8 Å². The smallest absolute Gasteiger partial charge is 0.387 e. The van der Waals surface area contributed by atoms with Crippen LogP contribution in [0.4, 0.5) is 0 Å². The van der Waals surface area contributed by atoms with Crippen molar-refractivity contribution < 1.29 is 13.6 Å². The van der Waals surface area contributed by atoms with Crippen molar-refractivity contribution in [1.82, 2.24) is 4.57 Å². The highest BCUT2D eigenvalue weighted by atomic mass is 16.4. The number of rotatable bonds is 0. The fraction of sp³-hybridized carbons (Fsp3) is 0.333. The van der Waals surface area contributed by atoms with Crippen molar-refractivity contribution in [1.29, 1.82) is 0 Å². The minimum atomic E-state index is 0.0589. The van der Waals surface area contributed by atoms with E-state index in [0.29, 0.717) is 5.92 Å². The Morgan fingerprint density at radius 1 is 0.860 bits per heavy atom. The van der Waals surface area contributed by atoms with Crippen LogP contribution in [0.25, 0.3) is 50.2 Å². The third-order valence-corrected chi connectivity index (χ3v) is 12.6. The Hall–Kier alpha value is -4.18. The summed E-state index contributed by atoms with van der Waals surface area (Å²) in [5.41, 5.74) is 15.7. The van der Waals surface area contributed by atoms with Gasteiger partial charge in [0.25, 0.3) is 0 Å². The van der Waals surface area contributed by atoms with Crippen LogP contribution in [0, 0.1) is 5.41 Å². The Kier molecular flexibility index (Phi) is 4.05. The molecule has 3 atom stereocenters. The van der Waals surface area contributed by atoms with Crippen LogP contribution in [-0.2, 0) is 24.9 Å². The Bertz CT molecular complexity index is 2300. The number of allylic oxidation sites excluding steroid dienone is 2. The van der Waals surface area contributed by atoms with Crippen LogP contribution in [0.15, 0.2) is 88.4 Å². The Morgan fingerprint density at radius 3 is 2.67 bits per heavy atom. The fourth-order valence-electron chi connectivity index (χ4n) is 10.3.